The SMILES string of the molecule is C[C@H](O)CNS(=O)(=O)c1ccc(-c2cccc3[nH]c(CN)nc23)c(-c2nn[nH]n2)c1S(N)(=O)=O. The van der Waals surface area contributed by atoms with Gasteiger partial charge >= 0.3 is 0 Å². The minimum absolute atomic E-state index is 0.139. The Bertz CT molecular complexity index is 1560. The first kappa shape index (κ1) is 23.9. The Morgan fingerprint density at radius 1 is 1.15 bits per heavy atom. The molecule has 0 saturated carbocycles. The fourth-order valence-corrected chi connectivity index (χ4v) is 6.20. The molecule has 2 aromatic heterocycles. The summed E-state index contributed by atoms with van der Waals surface area (Å²) in [7, 11) is -9.06. The van der Waals surface area contributed by atoms with Crippen LogP contribution in [-0.2, 0) is 26.6 Å². The first-order valence-electron chi connectivity index (χ1n) is 9.82. The second-order valence-electron chi connectivity index (χ2n) is 7.39. The van der Waals surface area contributed by atoms with Crippen molar-refractivity contribution < 1.29 is 21.9 Å². The van der Waals surface area contributed by atoms with E-state index in [1.54, 1.807) is 18.2 Å². The molecule has 16 heteroatoms. The van der Waals surface area contributed by atoms with Gasteiger partial charge < -0.3 is 15.8 Å². The highest BCUT2D eigenvalue weighted by atomic mass is 32.2. The number of aromatic amines is 2. The van der Waals surface area contributed by atoms with Crippen molar-refractivity contribution >= 4 is 31.1 Å². The number of aliphatic hydroxyl groups is 1. The average Bonchev–Trinajstić information content (AvgIpc) is 3.45. The molecule has 180 valence electrons. The molecule has 0 bridgehead atoms. The third-order valence-corrected chi connectivity index (χ3v) is 7.47. The number of fused-ring (bicyclic) bond motifs is 1. The van der Waals surface area contributed by atoms with E-state index in [0.717, 1.165) is 6.07 Å². The molecule has 0 spiro atoms. The number of aromatic nitrogens is 6. The minimum atomic E-state index is -4.65. The Hall–Kier alpha value is -3.28. The monoisotopic (exact) mass is 507 g/mol. The number of tetrazole rings is 1. The molecule has 0 aliphatic carbocycles. The molecule has 0 saturated heterocycles. The molecule has 0 aliphatic heterocycles. The summed E-state index contributed by atoms with van der Waals surface area (Å²) >= 11 is 0. The van der Waals surface area contributed by atoms with E-state index >= 15 is 0 Å². The highest BCUT2D eigenvalue weighted by Gasteiger charge is 2.32. The molecule has 0 unspecified atom stereocenters. The van der Waals surface area contributed by atoms with Gasteiger partial charge in [0.15, 0.2) is 0 Å². The minimum Gasteiger partial charge on any atom is -0.392 e. The summed E-state index contributed by atoms with van der Waals surface area (Å²) in [6, 6.07) is 7.66. The van der Waals surface area contributed by atoms with Crippen molar-refractivity contribution in [2.45, 2.75) is 29.4 Å². The Morgan fingerprint density at radius 3 is 2.53 bits per heavy atom. The second-order valence-corrected chi connectivity index (χ2v) is 10.6. The van der Waals surface area contributed by atoms with Crippen LogP contribution in [0.5, 0.6) is 0 Å². The molecule has 0 amide bonds. The van der Waals surface area contributed by atoms with Crippen molar-refractivity contribution in [3.8, 4) is 22.5 Å². The molecule has 14 nitrogen and oxygen atoms in total. The molecule has 0 radical (unpaired) electrons. The lowest BCUT2D eigenvalue weighted by molar-refractivity contribution is 0.198. The van der Waals surface area contributed by atoms with E-state index in [2.05, 4.69) is 35.3 Å². The molecule has 2 aromatic carbocycles. The van der Waals surface area contributed by atoms with Crippen LogP contribution in [0, 0.1) is 0 Å². The van der Waals surface area contributed by atoms with Crippen molar-refractivity contribution in [1.29, 1.82) is 0 Å². The molecule has 34 heavy (non-hydrogen) atoms. The zero-order chi connectivity index (χ0) is 24.7. The molecular weight excluding hydrogens is 486 g/mol. The number of aliphatic hydroxyl groups excluding tert-OH is 1. The van der Waals surface area contributed by atoms with Crippen LogP contribution in [0.3, 0.4) is 0 Å². The summed E-state index contributed by atoms with van der Waals surface area (Å²) in [4.78, 5) is 6.16. The average molecular weight is 508 g/mol. The van der Waals surface area contributed by atoms with Gasteiger partial charge in [-0.3, -0.25) is 0 Å². The van der Waals surface area contributed by atoms with Gasteiger partial charge in [-0.1, -0.05) is 18.2 Å². The summed E-state index contributed by atoms with van der Waals surface area (Å²) in [6.45, 7) is 1.16. The number of nitrogens with zero attached hydrogens (tertiary/aromatic N) is 4. The molecule has 0 fully saturated rings. The van der Waals surface area contributed by atoms with E-state index in [1.165, 1.54) is 13.0 Å². The number of para-hydroxylation sites is 1. The summed E-state index contributed by atoms with van der Waals surface area (Å²) in [5.74, 6) is 0.301. The first-order chi connectivity index (χ1) is 16.0. The van der Waals surface area contributed by atoms with E-state index in [1.807, 2.05) is 0 Å². The van der Waals surface area contributed by atoms with Crippen LogP contribution in [0.4, 0.5) is 0 Å². The van der Waals surface area contributed by atoms with Crippen LogP contribution < -0.4 is 15.6 Å². The predicted octanol–water partition coefficient (Wildman–Crippen LogP) is -0.825. The molecule has 8 N–H and O–H groups in total. The Morgan fingerprint density at radius 2 is 1.91 bits per heavy atom. The number of imidazole rings is 1. The number of rotatable bonds is 8. The summed E-state index contributed by atoms with van der Waals surface area (Å²) in [5.41, 5.74) is 7.32. The van der Waals surface area contributed by atoms with Gasteiger partial charge in [-0.05, 0) is 29.8 Å². The van der Waals surface area contributed by atoms with Crippen LogP contribution in [0.15, 0.2) is 40.1 Å². The van der Waals surface area contributed by atoms with E-state index in [-0.39, 0.29) is 30.0 Å². The van der Waals surface area contributed by atoms with Crippen molar-refractivity contribution in [3.63, 3.8) is 0 Å². The summed E-state index contributed by atoms with van der Waals surface area (Å²) in [6.07, 6.45) is -1.02. The van der Waals surface area contributed by atoms with Gasteiger partial charge in [-0.25, -0.2) is 31.7 Å². The Labute approximate surface area is 193 Å². The molecule has 4 rings (SSSR count). The Balaban J connectivity index is 2.09. The lowest BCUT2D eigenvalue weighted by Gasteiger charge is -2.17. The fourth-order valence-electron chi connectivity index (χ4n) is 3.48. The summed E-state index contributed by atoms with van der Waals surface area (Å²) in [5, 5.41) is 28.5. The number of primary sulfonamides is 1. The standard InChI is InChI=1S/C18H21N9O5S2/c1-9(28)8-21-34(31,32)13-6-5-10(11-3-2-4-12-16(11)23-14(7-19)22-12)15(17(13)33(20,29)30)18-24-26-27-25-18/h2-6,9,21,28H,7-8,19H2,1H3,(H,22,23)(H2,20,29,30)(H,24,25,26,27)/t9-/m0/s1. The van der Waals surface area contributed by atoms with Gasteiger partial charge in [0.2, 0.25) is 25.9 Å². The van der Waals surface area contributed by atoms with Gasteiger partial charge in [0, 0.05) is 12.1 Å². The predicted molar refractivity (Wildman–Crippen MR) is 121 cm³/mol. The maximum Gasteiger partial charge on any atom is 0.242 e. The quantitative estimate of drug-likeness (QED) is 0.173. The van der Waals surface area contributed by atoms with E-state index in [9.17, 15) is 21.9 Å². The van der Waals surface area contributed by atoms with Gasteiger partial charge in [-0.2, -0.15) is 5.21 Å². The number of benzene rings is 2. The van der Waals surface area contributed by atoms with Crippen LogP contribution in [0.1, 0.15) is 12.7 Å². The van der Waals surface area contributed by atoms with E-state index < -0.39 is 35.9 Å². The Kier molecular flexibility index (Phi) is 6.19. The maximum absolute atomic E-state index is 13.0. The lowest BCUT2D eigenvalue weighted by atomic mass is 9.98. The van der Waals surface area contributed by atoms with Crippen molar-refractivity contribution in [2.24, 2.45) is 10.9 Å². The number of hydrogen-bond donors (Lipinski definition) is 6. The highest BCUT2D eigenvalue weighted by Crippen LogP contribution is 2.40. The summed E-state index contributed by atoms with van der Waals surface area (Å²) < 4.78 is 53.7. The normalized spacial score (nSPS) is 13.4. The zero-order valence-corrected chi connectivity index (χ0v) is 19.4. The topological polar surface area (TPSA) is 236 Å². The zero-order valence-electron chi connectivity index (χ0n) is 17.7. The maximum atomic E-state index is 13.0. The van der Waals surface area contributed by atoms with Crippen LogP contribution in [0.25, 0.3) is 33.5 Å². The lowest BCUT2D eigenvalue weighted by Crippen LogP contribution is -2.32. The van der Waals surface area contributed by atoms with Gasteiger partial charge in [-0.15, -0.1) is 10.2 Å². The van der Waals surface area contributed by atoms with E-state index in [4.69, 9.17) is 10.9 Å². The van der Waals surface area contributed by atoms with Gasteiger partial charge in [0.25, 0.3) is 0 Å². The third-order valence-electron chi connectivity index (χ3n) is 4.88. The van der Waals surface area contributed by atoms with Crippen LogP contribution >= 0.6 is 0 Å². The largest absolute Gasteiger partial charge is 0.392 e. The van der Waals surface area contributed by atoms with Crippen LogP contribution in [0.2, 0.25) is 0 Å². The molecule has 4 aromatic rings. The van der Waals surface area contributed by atoms with Gasteiger partial charge in [0.05, 0.1) is 29.2 Å². The number of hydrogen-bond acceptors (Lipinski definition) is 10. The van der Waals surface area contributed by atoms with Crippen molar-refractivity contribution in [3.05, 3.63) is 36.2 Å². The van der Waals surface area contributed by atoms with Crippen molar-refractivity contribution in [1.82, 2.24) is 35.3 Å². The number of sulfonamides is 2. The second kappa shape index (κ2) is 8.82. The van der Waals surface area contributed by atoms with E-state index in [0.29, 0.717) is 22.4 Å². The van der Waals surface area contributed by atoms with Crippen LogP contribution in [-0.4, -0.2) is 65.2 Å². The number of nitrogens with two attached hydrogens (primary N) is 2. The molecular formula is C18H21N9O5S2. The molecule has 2 heterocycles. The fraction of sp³-hybridized carbons (Fsp3) is 0.222. The number of nitrogens with one attached hydrogen (secondary N) is 3. The highest BCUT2D eigenvalue weighted by molar-refractivity contribution is 7.92. The number of H-pyrrole nitrogens is 2. The first-order valence-corrected chi connectivity index (χ1v) is 12.8. The molecule has 1 atom stereocenters. The third kappa shape index (κ3) is 4.41. The molecule has 0 aliphatic rings. The smallest absolute Gasteiger partial charge is 0.242 e. The van der Waals surface area contributed by atoms with Gasteiger partial charge in [0.1, 0.15) is 15.6 Å². The van der Waals surface area contributed by atoms with Crippen molar-refractivity contribution in [2.75, 3.05) is 6.54 Å².